The van der Waals surface area contributed by atoms with E-state index in [1.54, 1.807) is 12.1 Å². The molecule has 1 heterocycles. The standard InChI is InChI=1S/C14H15FN2O3S/c1-10-4-3-5-11(17-10)9-16-21(18,19)12-6-7-13(15)14(8-12)20-2/h3-8,16H,9H2,1-2H3. The minimum Gasteiger partial charge on any atom is -0.494 e. The Morgan fingerprint density at radius 2 is 2.05 bits per heavy atom. The van der Waals surface area contributed by atoms with Gasteiger partial charge in [0.1, 0.15) is 0 Å². The average Bonchev–Trinajstić information content (AvgIpc) is 2.46. The van der Waals surface area contributed by atoms with Gasteiger partial charge in [-0.05, 0) is 31.2 Å². The topological polar surface area (TPSA) is 68.3 Å². The Hall–Kier alpha value is -1.99. The van der Waals surface area contributed by atoms with Gasteiger partial charge in [-0.25, -0.2) is 17.5 Å². The van der Waals surface area contributed by atoms with Crippen LogP contribution < -0.4 is 9.46 Å². The lowest BCUT2D eigenvalue weighted by Gasteiger charge is -2.09. The fourth-order valence-corrected chi connectivity index (χ4v) is 2.77. The lowest BCUT2D eigenvalue weighted by atomic mass is 10.3. The predicted molar refractivity (Wildman–Crippen MR) is 76.0 cm³/mol. The van der Waals surface area contributed by atoms with Crippen molar-refractivity contribution in [3.05, 3.63) is 53.6 Å². The molecule has 2 aromatic rings. The molecule has 1 aromatic heterocycles. The summed E-state index contributed by atoms with van der Waals surface area (Å²) in [5.74, 6) is -0.733. The molecular weight excluding hydrogens is 295 g/mol. The molecule has 7 heteroatoms. The van der Waals surface area contributed by atoms with Gasteiger partial charge in [0, 0.05) is 11.8 Å². The largest absolute Gasteiger partial charge is 0.494 e. The molecule has 5 nitrogen and oxygen atoms in total. The number of aryl methyl sites for hydroxylation is 1. The first-order valence-electron chi connectivity index (χ1n) is 6.18. The lowest BCUT2D eigenvalue weighted by Crippen LogP contribution is -2.23. The zero-order valence-electron chi connectivity index (χ0n) is 11.6. The number of rotatable bonds is 5. The fourth-order valence-electron chi connectivity index (χ4n) is 1.76. The van der Waals surface area contributed by atoms with Crippen molar-refractivity contribution in [2.45, 2.75) is 18.4 Å². The third kappa shape index (κ3) is 3.77. The second-order valence-corrected chi connectivity index (χ2v) is 6.16. The summed E-state index contributed by atoms with van der Waals surface area (Å²) in [4.78, 5) is 4.14. The minimum atomic E-state index is -3.76. The molecule has 1 aromatic carbocycles. The van der Waals surface area contributed by atoms with Gasteiger partial charge in [0.15, 0.2) is 11.6 Å². The third-order valence-electron chi connectivity index (χ3n) is 2.82. The van der Waals surface area contributed by atoms with Crippen molar-refractivity contribution in [2.24, 2.45) is 0 Å². The SMILES string of the molecule is COc1cc(S(=O)(=O)NCc2cccc(C)n2)ccc1F. The van der Waals surface area contributed by atoms with E-state index in [1.165, 1.54) is 13.2 Å². The van der Waals surface area contributed by atoms with Gasteiger partial charge in [-0.3, -0.25) is 4.98 Å². The van der Waals surface area contributed by atoms with E-state index in [1.807, 2.05) is 13.0 Å². The molecule has 0 saturated heterocycles. The molecule has 0 unspecified atom stereocenters. The Bertz CT molecular complexity index is 748. The maximum Gasteiger partial charge on any atom is 0.241 e. The molecule has 0 aliphatic heterocycles. The van der Waals surface area contributed by atoms with Crippen LogP contribution in [0, 0.1) is 12.7 Å². The van der Waals surface area contributed by atoms with Crippen LogP contribution in [0.3, 0.4) is 0 Å². The smallest absolute Gasteiger partial charge is 0.241 e. The molecule has 2 rings (SSSR count). The first-order valence-corrected chi connectivity index (χ1v) is 7.66. The van der Waals surface area contributed by atoms with Crippen LogP contribution in [-0.2, 0) is 16.6 Å². The first-order chi connectivity index (χ1) is 9.92. The fraction of sp³-hybridized carbons (Fsp3) is 0.214. The zero-order valence-corrected chi connectivity index (χ0v) is 12.4. The molecule has 112 valence electrons. The van der Waals surface area contributed by atoms with E-state index in [4.69, 9.17) is 4.74 Å². The summed E-state index contributed by atoms with van der Waals surface area (Å²) in [6.07, 6.45) is 0. The Balaban J connectivity index is 2.18. The highest BCUT2D eigenvalue weighted by atomic mass is 32.2. The van der Waals surface area contributed by atoms with E-state index in [9.17, 15) is 12.8 Å². The summed E-state index contributed by atoms with van der Waals surface area (Å²) >= 11 is 0. The number of nitrogens with one attached hydrogen (secondary N) is 1. The number of hydrogen-bond acceptors (Lipinski definition) is 4. The predicted octanol–water partition coefficient (Wildman–Crippen LogP) is 2.02. The highest BCUT2D eigenvalue weighted by molar-refractivity contribution is 7.89. The number of aromatic nitrogens is 1. The van der Waals surface area contributed by atoms with Crippen LogP contribution in [0.5, 0.6) is 5.75 Å². The molecule has 21 heavy (non-hydrogen) atoms. The lowest BCUT2D eigenvalue weighted by molar-refractivity contribution is 0.385. The van der Waals surface area contributed by atoms with Crippen LogP contribution in [0.1, 0.15) is 11.4 Å². The van der Waals surface area contributed by atoms with E-state index >= 15 is 0 Å². The first kappa shape index (κ1) is 15.4. The molecule has 0 amide bonds. The summed E-state index contributed by atoms with van der Waals surface area (Å²) < 4.78 is 44.8. The van der Waals surface area contributed by atoms with E-state index in [0.29, 0.717) is 5.69 Å². The number of benzene rings is 1. The monoisotopic (exact) mass is 310 g/mol. The average molecular weight is 310 g/mol. The summed E-state index contributed by atoms with van der Waals surface area (Å²) in [5, 5.41) is 0. The molecule has 0 radical (unpaired) electrons. The van der Waals surface area contributed by atoms with Gasteiger partial charge in [0.2, 0.25) is 10.0 Å². The summed E-state index contributed by atoms with van der Waals surface area (Å²) in [6.45, 7) is 1.88. The number of ether oxygens (including phenoxy) is 1. The van der Waals surface area contributed by atoms with E-state index < -0.39 is 15.8 Å². The number of halogens is 1. The van der Waals surface area contributed by atoms with Gasteiger partial charge in [0.25, 0.3) is 0 Å². The summed E-state index contributed by atoms with van der Waals surface area (Å²) in [6, 6.07) is 8.72. The van der Waals surface area contributed by atoms with Gasteiger partial charge in [-0.2, -0.15) is 0 Å². The van der Waals surface area contributed by atoms with Crippen molar-refractivity contribution in [1.82, 2.24) is 9.71 Å². The second-order valence-electron chi connectivity index (χ2n) is 4.39. The third-order valence-corrected chi connectivity index (χ3v) is 4.22. The van der Waals surface area contributed by atoms with Crippen LogP contribution in [0.25, 0.3) is 0 Å². The molecule has 0 bridgehead atoms. The Labute approximate surface area is 122 Å². The van der Waals surface area contributed by atoms with E-state index in [-0.39, 0.29) is 17.2 Å². The van der Waals surface area contributed by atoms with Gasteiger partial charge < -0.3 is 4.74 Å². The molecule has 1 N–H and O–H groups in total. The van der Waals surface area contributed by atoms with Crippen LogP contribution in [0.2, 0.25) is 0 Å². The summed E-state index contributed by atoms with van der Waals surface area (Å²) in [7, 11) is -2.48. The maximum atomic E-state index is 13.3. The number of pyridine rings is 1. The Morgan fingerprint density at radius 3 is 2.71 bits per heavy atom. The van der Waals surface area contributed by atoms with Crippen molar-refractivity contribution in [1.29, 1.82) is 0 Å². The van der Waals surface area contributed by atoms with Crippen LogP contribution in [0.15, 0.2) is 41.3 Å². The van der Waals surface area contributed by atoms with Crippen molar-refractivity contribution in [2.75, 3.05) is 7.11 Å². The van der Waals surface area contributed by atoms with E-state index in [0.717, 1.165) is 17.8 Å². The minimum absolute atomic E-state index is 0.0592. The molecule has 0 spiro atoms. The quantitative estimate of drug-likeness (QED) is 0.917. The highest BCUT2D eigenvalue weighted by Crippen LogP contribution is 2.21. The van der Waals surface area contributed by atoms with Gasteiger partial charge in [-0.1, -0.05) is 6.07 Å². The number of hydrogen-bond donors (Lipinski definition) is 1. The number of sulfonamides is 1. The zero-order chi connectivity index (χ0) is 15.5. The Kier molecular flexibility index (Phi) is 4.54. The van der Waals surface area contributed by atoms with Crippen molar-refractivity contribution in [3.8, 4) is 5.75 Å². The molecule has 0 aliphatic carbocycles. The second kappa shape index (κ2) is 6.19. The van der Waals surface area contributed by atoms with Crippen LogP contribution >= 0.6 is 0 Å². The number of methoxy groups -OCH3 is 1. The Morgan fingerprint density at radius 1 is 1.29 bits per heavy atom. The number of nitrogens with zero attached hydrogens (tertiary/aromatic N) is 1. The van der Waals surface area contributed by atoms with Gasteiger partial charge in [0.05, 0.1) is 24.2 Å². The molecule has 0 atom stereocenters. The molecular formula is C14H15FN2O3S. The highest BCUT2D eigenvalue weighted by Gasteiger charge is 2.16. The van der Waals surface area contributed by atoms with E-state index in [2.05, 4.69) is 9.71 Å². The van der Waals surface area contributed by atoms with Crippen molar-refractivity contribution < 1.29 is 17.5 Å². The molecule has 0 fully saturated rings. The normalized spacial score (nSPS) is 11.4. The van der Waals surface area contributed by atoms with Gasteiger partial charge in [-0.15, -0.1) is 0 Å². The summed E-state index contributed by atoms with van der Waals surface area (Å²) in [5.41, 5.74) is 1.41. The van der Waals surface area contributed by atoms with Gasteiger partial charge >= 0.3 is 0 Å². The molecule has 0 saturated carbocycles. The molecule has 0 aliphatic rings. The van der Waals surface area contributed by atoms with Crippen molar-refractivity contribution in [3.63, 3.8) is 0 Å². The van der Waals surface area contributed by atoms with Crippen molar-refractivity contribution >= 4 is 10.0 Å². The van der Waals surface area contributed by atoms with Crippen LogP contribution in [0.4, 0.5) is 4.39 Å². The van der Waals surface area contributed by atoms with Crippen LogP contribution in [-0.4, -0.2) is 20.5 Å². The maximum absolute atomic E-state index is 13.3.